The standard InChI is InChI=1S/C14H16N4O/c19-14(9-8-12-5-2-1-3-6-12)15-10-4-7-13-16-11-17-18-13/h1-3,5-6,8-9,11H,4,7,10H2,(H,15,19)(H,16,17,18). The highest BCUT2D eigenvalue weighted by Crippen LogP contribution is 2.00. The average molecular weight is 256 g/mol. The number of aromatic amines is 1. The Morgan fingerprint density at radius 1 is 1.32 bits per heavy atom. The monoisotopic (exact) mass is 256 g/mol. The largest absolute Gasteiger partial charge is 0.353 e. The summed E-state index contributed by atoms with van der Waals surface area (Å²) in [5, 5.41) is 9.38. The molecule has 19 heavy (non-hydrogen) atoms. The van der Waals surface area contributed by atoms with Gasteiger partial charge in [-0.05, 0) is 18.1 Å². The second-order valence-corrected chi connectivity index (χ2v) is 4.07. The summed E-state index contributed by atoms with van der Waals surface area (Å²) in [6.45, 7) is 0.624. The maximum absolute atomic E-state index is 11.5. The fourth-order valence-electron chi connectivity index (χ4n) is 1.61. The van der Waals surface area contributed by atoms with Crippen LogP contribution in [-0.2, 0) is 11.2 Å². The first kappa shape index (κ1) is 13.0. The Bertz CT molecular complexity index is 520. The third-order valence-electron chi connectivity index (χ3n) is 2.58. The predicted octanol–water partition coefficient (Wildman–Crippen LogP) is 1.57. The van der Waals surface area contributed by atoms with Crippen molar-refractivity contribution in [2.75, 3.05) is 6.54 Å². The summed E-state index contributed by atoms with van der Waals surface area (Å²) in [6.07, 6.45) is 6.44. The molecular formula is C14H16N4O. The van der Waals surface area contributed by atoms with E-state index in [1.54, 1.807) is 12.2 Å². The molecule has 0 aliphatic heterocycles. The number of nitrogens with one attached hydrogen (secondary N) is 2. The molecule has 1 aromatic carbocycles. The SMILES string of the molecule is O=C(C=Cc1ccccc1)NCCCc1ncn[nH]1. The van der Waals surface area contributed by atoms with Gasteiger partial charge in [-0.1, -0.05) is 30.3 Å². The molecule has 1 heterocycles. The third-order valence-corrected chi connectivity index (χ3v) is 2.58. The molecule has 0 fully saturated rings. The van der Waals surface area contributed by atoms with Crippen LogP contribution in [0.1, 0.15) is 17.8 Å². The van der Waals surface area contributed by atoms with Gasteiger partial charge in [0, 0.05) is 19.0 Å². The van der Waals surface area contributed by atoms with E-state index in [9.17, 15) is 4.79 Å². The molecular weight excluding hydrogens is 240 g/mol. The minimum Gasteiger partial charge on any atom is -0.353 e. The molecule has 0 atom stereocenters. The molecule has 0 saturated heterocycles. The van der Waals surface area contributed by atoms with Crippen molar-refractivity contribution in [1.29, 1.82) is 0 Å². The zero-order valence-electron chi connectivity index (χ0n) is 10.5. The third kappa shape index (κ3) is 4.75. The number of rotatable bonds is 6. The van der Waals surface area contributed by atoms with Crippen LogP contribution in [0.15, 0.2) is 42.7 Å². The highest BCUT2D eigenvalue weighted by Gasteiger charge is 1.97. The fraction of sp³-hybridized carbons (Fsp3) is 0.214. The molecule has 0 saturated carbocycles. The van der Waals surface area contributed by atoms with E-state index in [1.165, 1.54) is 6.33 Å². The van der Waals surface area contributed by atoms with Gasteiger partial charge in [0.1, 0.15) is 12.2 Å². The Balaban J connectivity index is 1.66. The Hall–Kier alpha value is -2.43. The van der Waals surface area contributed by atoms with Crippen molar-refractivity contribution in [2.24, 2.45) is 0 Å². The van der Waals surface area contributed by atoms with E-state index < -0.39 is 0 Å². The number of carbonyl (C=O) groups excluding carboxylic acids is 1. The van der Waals surface area contributed by atoms with Crippen molar-refractivity contribution in [3.05, 3.63) is 54.1 Å². The van der Waals surface area contributed by atoms with Crippen LogP contribution in [0.2, 0.25) is 0 Å². The second-order valence-electron chi connectivity index (χ2n) is 4.07. The normalized spacial score (nSPS) is 10.7. The van der Waals surface area contributed by atoms with Crippen LogP contribution in [0.3, 0.4) is 0 Å². The minimum atomic E-state index is -0.0820. The molecule has 5 heteroatoms. The Morgan fingerprint density at radius 2 is 2.16 bits per heavy atom. The van der Waals surface area contributed by atoms with Crippen molar-refractivity contribution in [1.82, 2.24) is 20.5 Å². The lowest BCUT2D eigenvalue weighted by atomic mass is 10.2. The van der Waals surface area contributed by atoms with E-state index >= 15 is 0 Å². The van der Waals surface area contributed by atoms with Crippen LogP contribution in [0.5, 0.6) is 0 Å². The number of carbonyl (C=O) groups is 1. The molecule has 1 aromatic heterocycles. The van der Waals surface area contributed by atoms with Crippen molar-refractivity contribution < 1.29 is 4.79 Å². The summed E-state index contributed by atoms with van der Waals surface area (Å²) in [4.78, 5) is 15.6. The quantitative estimate of drug-likeness (QED) is 0.608. The average Bonchev–Trinajstić information content (AvgIpc) is 2.96. The number of hydrogen-bond acceptors (Lipinski definition) is 3. The van der Waals surface area contributed by atoms with E-state index in [4.69, 9.17) is 0 Å². The van der Waals surface area contributed by atoms with Crippen LogP contribution in [0.4, 0.5) is 0 Å². The predicted molar refractivity (Wildman–Crippen MR) is 73.2 cm³/mol. The first-order valence-corrected chi connectivity index (χ1v) is 6.20. The van der Waals surface area contributed by atoms with Gasteiger partial charge in [-0.3, -0.25) is 9.89 Å². The Morgan fingerprint density at radius 3 is 2.89 bits per heavy atom. The molecule has 2 aromatic rings. The molecule has 2 N–H and O–H groups in total. The van der Waals surface area contributed by atoms with E-state index in [-0.39, 0.29) is 5.91 Å². The summed E-state index contributed by atoms with van der Waals surface area (Å²) in [6, 6.07) is 9.73. The lowest BCUT2D eigenvalue weighted by Gasteiger charge is -2.00. The molecule has 0 radical (unpaired) electrons. The Labute approximate surface area is 111 Å². The smallest absolute Gasteiger partial charge is 0.243 e. The number of H-pyrrole nitrogens is 1. The van der Waals surface area contributed by atoms with Crippen LogP contribution in [0.25, 0.3) is 6.08 Å². The molecule has 2 rings (SSSR count). The van der Waals surface area contributed by atoms with E-state index in [2.05, 4.69) is 20.5 Å². The summed E-state index contributed by atoms with van der Waals surface area (Å²) in [7, 11) is 0. The summed E-state index contributed by atoms with van der Waals surface area (Å²) in [5.41, 5.74) is 1.01. The number of hydrogen-bond donors (Lipinski definition) is 2. The molecule has 0 aliphatic carbocycles. The van der Waals surface area contributed by atoms with Gasteiger partial charge in [-0.25, -0.2) is 4.98 Å². The lowest BCUT2D eigenvalue weighted by Crippen LogP contribution is -2.22. The summed E-state index contributed by atoms with van der Waals surface area (Å²) < 4.78 is 0. The van der Waals surface area contributed by atoms with Gasteiger partial charge in [-0.15, -0.1) is 0 Å². The van der Waals surface area contributed by atoms with Crippen LogP contribution >= 0.6 is 0 Å². The number of aromatic nitrogens is 3. The van der Waals surface area contributed by atoms with Gasteiger partial charge >= 0.3 is 0 Å². The first-order chi connectivity index (χ1) is 9.34. The molecule has 0 unspecified atom stereocenters. The Kier molecular flexibility index (Phi) is 4.87. The van der Waals surface area contributed by atoms with Crippen molar-refractivity contribution >= 4 is 12.0 Å². The molecule has 0 bridgehead atoms. The molecule has 98 valence electrons. The van der Waals surface area contributed by atoms with Crippen molar-refractivity contribution in [2.45, 2.75) is 12.8 Å². The number of aryl methyl sites for hydroxylation is 1. The topological polar surface area (TPSA) is 70.7 Å². The van der Waals surface area contributed by atoms with Crippen LogP contribution < -0.4 is 5.32 Å². The minimum absolute atomic E-state index is 0.0820. The number of nitrogens with zero attached hydrogens (tertiary/aromatic N) is 2. The molecule has 0 spiro atoms. The fourth-order valence-corrected chi connectivity index (χ4v) is 1.61. The van der Waals surface area contributed by atoms with E-state index in [0.29, 0.717) is 6.54 Å². The highest BCUT2D eigenvalue weighted by molar-refractivity contribution is 5.91. The number of benzene rings is 1. The second kappa shape index (κ2) is 7.10. The highest BCUT2D eigenvalue weighted by atomic mass is 16.1. The van der Waals surface area contributed by atoms with Crippen LogP contribution in [0, 0.1) is 0 Å². The molecule has 1 amide bonds. The van der Waals surface area contributed by atoms with Gasteiger partial charge in [0.25, 0.3) is 0 Å². The zero-order chi connectivity index (χ0) is 13.3. The van der Waals surface area contributed by atoms with Gasteiger partial charge < -0.3 is 5.32 Å². The summed E-state index contributed by atoms with van der Waals surface area (Å²) in [5.74, 6) is 0.760. The first-order valence-electron chi connectivity index (χ1n) is 6.20. The maximum Gasteiger partial charge on any atom is 0.243 e. The molecule has 5 nitrogen and oxygen atoms in total. The van der Waals surface area contributed by atoms with Crippen molar-refractivity contribution in [3.8, 4) is 0 Å². The zero-order valence-corrected chi connectivity index (χ0v) is 10.5. The van der Waals surface area contributed by atoms with Gasteiger partial charge in [0.05, 0.1) is 0 Å². The lowest BCUT2D eigenvalue weighted by molar-refractivity contribution is -0.116. The molecule has 0 aliphatic rings. The van der Waals surface area contributed by atoms with Crippen LogP contribution in [-0.4, -0.2) is 27.6 Å². The van der Waals surface area contributed by atoms with E-state index in [0.717, 1.165) is 24.2 Å². The van der Waals surface area contributed by atoms with Gasteiger partial charge in [0.15, 0.2) is 0 Å². The van der Waals surface area contributed by atoms with Gasteiger partial charge in [0.2, 0.25) is 5.91 Å². The maximum atomic E-state index is 11.5. The van der Waals surface area contributed by atoms with Gasteiger partial charge in [-0.2, -0.15) is 5.10 Å². The van der Waals surface area contributed by atoms with Crippen molar-refractivity contribution in [3.63, 3.8) is 0 Å². The summed E-state index contributed by atoms with van der Waals surface area (Å²) >= 11 is 0. The number of amides is 1. The van der Waals surface area contributed by atoms with E-state index in [1.807, 2.05) is 30.3 Å².